The number of hydrogen-bond acceptors (Lipinski definition) is 3. The summed E-state index contributed by atoms with van der Waals surface area (Å²) in [5.41, 5.74) is 0. The van der Waals surface area contributed by atoms with E-state index >= 15 is 0 Å². The summed E-state index contributed by atoms with van der Waals surface area (Å²) < 4.78 is 25.8. The van der Waals surface area contributed by atoms with Gasteiger partial charge in [-0.25, -0.2) is 8.42 Å². The molecule has 0 aliphatic carbocycles. The second-order valence-electron chi connectivity index (χ2n) is 4.16. The molecular formula is C12H16ClNO4S. The number of aliphatic carboxylic acids is 1. The lowest BCUT2D eigenvalue weighted by Crippen LogP contribution is -2.41. The zero-order valence-corrected chi connectivity index (χ0v) is 12.3. The number of benzene rings is 1. The molecule has 1 rings (SSSR count). The van der Waals surface area contributed by atoms with E-state index in [0.29, 0.717) is 11.4 Å². The van der Waals surface area contributed by atoms with Crippen molar-refractivity contribution >= 4 is 27.6 Å². The minimum atomic E-state index is -3.86. The highest BCUT2D eigenvalue weighted by Crippen LogP contribution is 2.22. The van der Waals surface area contributed by atoms with E-state index in [1.54, 1.807) is 19.9 Å². The second kappa shape index (κ2) is 6.36. The van der Waals surface area contributed by atoms with Crippen LogP contribution in [0.3, 0.4) is 0 Å². The van der Waals surface area contributed by atoms with Crippen molar-refractivity contribution in [3.8, 4) is 0 Å². The first-order valence-electron chi connectivity index (χ1n) is 5.78. The van der Waals surface area contributed by atoms with Crippen LogP contribution in [-0.2, 0) is 14.8 Å². The molecule has 7 heteroatoms. The Labute approximate surface area is 117 Å². The molecule has 1 aromatic carbocycles. The van der Waals surface area contributed by atoms with Crippen LogP contribution in [-0.4, -0.2) is 36.4 Å². The zero-order valence-electron chi connectivity index (χ0n) is 10.7. The SMILES string of the molecule is CCC(C)N(CC(=O)O)S(=O)(=O)c1cccc(Cl)c1. The normalized spacial score (nSPS) is 13.5. The van der Waals surface area contributed by atoms with Gasteiger partial charge in [0.15, 0.2) is 0 Å². The topological polar surface area (TPSA) is 74.7 Å². The van der Waals surface area contributed by atoms with Crippen LogP contribution in [0.25, 0.3) is 0 Å². The van der Waals surface area contributed by atoms with E-state index in [9.17, 15) is 13.2 Å². The van der Waals surface area contributed by atoms with Crippen LogP contribution < -0.4 is 0 Å². The zero-order chi connectivity index (χ0) is 14.6. The van der Waals surface area contributed by atoms with Gasteiger partial charge in [0.1, 0.15) is 6.54 Å². The molecule has 0 fully saturated rings. The largest absolute Gasteiger partial charge is 0.480 e. The summed E-state index contributed by atoms with van der Waals surface area (Å²) in [6, 6.07) is 5.39. The number of rotatable bonds is 6. The van der Waals surface area contributed by atoms with Crippen LogP contribution >= 0.6 is 11.6 Å². The number of carbonyl (C=O) groups is 1. The maximum Gasteiger partial charge on any atom is 0.318 e. The summed E-state index contributed by atoms with van der Waals surface area (Å²) in [7, 11) is -3.86. The molecule has 1 unspecified atom stereocenters. The van der Waals surface area contributed by atoms with Gasteiger partial charge in [-0.1, -0.05) is 24.6 Å². The van der Waals surface area contributed by atoms with E-state index in [-0.39, 0.29) is 4.90 Å². The summed E-state index contributed by atoms with van der Waals surface area (Å²) in [6.07, 6.45) is 0.521. The van der Waals surface area contributed by atoms with Crippen molar-refractivity contribution in [2.45, 2.75) is 31.2 Å². The molecule has 1 N–H and O–H groups in total. The molecule has 0 spiro atoms. The molecular weight excluding hydrogens is 290 g/mol. The molecule has 106 valence electrons. The number of carboxylic acids is 1. The van der Waals surface area contributed by atoms with Crippen molar-refractivity contribution in [1.82, 2.24) is 4.31 Å². The van der Waals surface area contributed by atoms with Crippen LogP contribution in [0.4, 0.5) is 0 Å². The third kappa shape index (κ3) is 3.92. The summed E-state index contributed by atoms with van der Waals surface area (Å²) >= 11 is 5.78. The van der Waals surface area contributed by atoms with E-state index in [1.165, 1.54) is 18.2 Å². The van der Waals surface area contributed by atoms with Crippen LogP contribution in [0.1, 0.15) is 20.3 Å². The van der Waals surface area contributed by atoms with Gasteiger partial charge in [-0.2, -0.15) is 4.31 Å². The fraction of sp³-hybridized carbons (Fsp3) is 0.417. The maximum atomic E-state index is 12.4. The monoisotopic (exact) mass is 305 g/mol. The Bertz CT molecular complexity index is 559. The maximum absolute atomic E-state index is 12.4. The molecule has 0 bridgehead atoms. The van der Waals surface area contributed by atoms with Crippen molar-refractivity contribution in [1.29, 1.82) is 0 Å². The quantitative estimate of drug-likeness (QED) is 0.874. The highest BCUT2D eigenvalue weighted by atomic mass is 35.5. The molecule has 1 aromatic rings. The van der Waals surface area contributed by atoms with Gasteiger partial charge in [0.05, 0.1) is 4.90 Å². The van der Waals surface area contributed by atoms with Crippen LogP contribution in [0.5, 0.6) is 0 Å². The fourth-order valence-corrected chi connectivity index (χ4v) is 3.53. The van der Waals surface area contributed by atoms with Crippen molar-refractivity contribution in [2.75, 3.05) is 6.54 Å². The molecule has 19 heavy (non-hydrogen) atoms. The Kier molecular flexibility index (Phi) is 5.34. The number of halogens is 1. The average molecular weight is 306 g/mol. The van der Waals surface area contributed by atoms with Gasteiger partial charge in [0.2, 0.25) is 10.0 Å². The van der Waals surface area contributed by atoms with E-state index in [0.717, 1.165) is 4.31 Å². The molecule has 1 atom stereocenters. The van der Waals surface area contributed by atoms with Crippen molar-refractivity contribution in [3.05, 3.63) is 29.3 Å². The molecule has 0 saturated heterocycles. The lowest BCUT2D eigenvalue weighted by atomic mass is 10.2. The van der Waals surface area contributed by atoms with E-state index < -0.39 is 28.6 Å². The third-order valence-electron chi connectivity index (χ3n) is 2.78. The molecule has 0 aliphatic heterocycles. The average Bonchev–Trinajstić information content (AvgIpc) is 2.34. The predicted molar refractivity (Wildman–Crippen MR) is 72.7 cm³/mol. The first-order valence-corrected chi connectivity index (χ1v) is 7.60. The summed E-state index contributed by atoms with van der Waals surface area (Å²) in [4.78, 5) is 10.8. The van der Waals surface area contributed by atoms with Crippen LogP contribution in [0, 0.1) is 0 Å². The number of hydrogen-bond donors (Lipinski definition) is 1. The van der Waals surface area contributed by atoms with Crippen LogP contribution in [0.15, 0.2) is 29.2 Å². The van der Waals surface area contributed by atoms with Gasteiger partial charge in [0.25, 0.3) is 0 Å². The number of sulfonamides is 1. The third-order valence-corrected chi connectivity index (χ3v) is 4.97. The lowest BCUT2D eigenvalue weighted by Gasteiger charge is -2.26. The van der Waals surface area contributed by atoms with Gasteiger partial charge in [-0.3, -0.25) is 4.79 Å². The summed E-state index contributed by atoms with van der Waals surface area (Å²) in [5.74, 6) is -1.19. The van der Waals surface area contributed by atoms with Crippen LogP contribution in [0.2, 0.25) is 5.02 Å². The van der Waals surface area contributed by atoms with E-state index in [1.807, 2.05) is 0 Å². The lowest BCUT2D eigenvalue weighted by molar-refractivity contribution is -0.137. The molecule has 0 amide bonds. The predicted octanol–water partition coefficient (Wildman–Crippen LogP) is 2.21. The van der Waals surface area contributed by atoms with Gasteiger partial charge in [-0.15, -0.1) is 0 Å². The van der Waals surface area contributed by atoms with E-state index in [2.05, 4.69) is 0 Å². The Balaban J connectivity index is 3.23. The number of nitrogens with zero attached hydrogens (tertiary/aromatic N) is 1. The minimum absolute atomic E-state index is 0.00144. The number of carboxylic acid groups (broad SMARTS) is 1. The molecule has 5 nitrogen and oxygen atoms in total. The summed E-state index contributed by atoms with van der Waals surface area (Å²) in [6.45, 7) is 2.90. The minimum Gasteiger partial charge on any atom is -0.480 e. The van der Waals surface area contributed by atoms with Crippen molar-refractivity contribution in [3.63, 3.8) is 0 Å². The highest BCUT2D eigenvalue weighted by Gasteiger charge is 2.30. The summed E-state index contributed by atoms with van der Waals surface area (Å²) in [5, 5.41) is 9.15. The Morgan fingerprint density at radius 3 is 2.58 bits per heavy atom. The van der Waals surface area contributed by atoms with Gasteiger partial charge in [0, 0.05) is 11.1 Å². The first-order chi connectivity index (χ1) is 8.78. The van der Waals surface area contributed by atoms with Gasteiger partial charge >= 0.3 is 5.97 Å². The molecule has 0 heterocycles. The van der Waals surface area contributed by atoms with Gasteiger partial charge < -0.3 is 5.11 Å². The Morgan fingerprint density at radius 1 is 1.47 bits per heavy atom. The second-order valence-corrected chi connectivity index (χ2v) is 6.49. The fourth-order valence-electron chi connectivity index (χ4n) is 1.58. The Morgan fingerprint density at radius 2 is 2.11 bits per heavy atom. The molecule has 0 saturated carbocycles. The van der Waals surface area contributed by atoms with Gasteiger partial charge in [-0.05, 0) is 31.5 Å². The van der Waals surface area contributed by atoms with Crippen molar-refractivity contribution in [2.24, 2.45) is 0 Å². The highest BCUT2D eigenvalue weighted by molar-refractivity contribution is 7.89. The standard InChI is InChI=1S/C12H16ClNO4S/c1-3-9(2)14(8-12(15)16)19(17,18)11-6-4-5-10(13)7-11/h4-7,9H,3,8H2,1-2H3,(H,15,16). The van der Waals surface area contributed by atoms with E-state index in [4.69, 9.17) is 16.7 Å². The van der Waals surface area contributed by atoms with Crippen molar-refractivity contribution < 1.29 is 18.3 Å². The molecule has 0 radical (unpaired) electrons. The molecule has 0 aromatic heterocycles. The first kappa shape index (κ1) is 15.9. The Hall–Kier alpha value is -1.11. The smallest absolute Gasteiger partial charge is 0.318 e. The molecule has 0 aliphatic rings.